The van der Waals surface area contributed by atoms with Crippen LogP contribution in [0.15, 0.2) is 34.6 Å². The highest BCUT2D eigenvalue weighted by Crippen LogP contribution is 2.30. The fraction of sp³-hybridized carbons (Fsp3) is 0.524. The van der Waals surface area contributed by atoms with Crippen LogP contribution in [-0.2, 0) is 25.7 Å². The summed E-state index contributed by atoms with van der Waals surface area (Å²) in [5.41, 5.74) is 1.59. The summed E-state index contributed by atoms with van der Waals surface area (Å²) < 4.78 is 38.0. The lowest BCUT2D eigenvalue weighted by Crippen LogP contribution is -2.38. The monoisotopic (exact) mass is 569 g/mol. The smallest absolute Gasteiger partial charge is 0.357 e. The third-order valence-corrected chi connectivity index (χ3v) is 5.54. The molecule has 10 heteroatoms. The van der Waals surface area contributed by atoms with Crippen molar-refractivity contribution in [3.05, 3.63) is 51.5 Å². The van der Waals surface area contributed by atoms with Crippen LogP contribution in [0, 0.1) is 0 Å². The Balaban J connectivity index is 0.00000480. The molecule has 0 atom stereocenters. The van der Waals surface area contributed by atoms with Crippen LogP contribution in [0.5, 0.6) is 0 Å². The number of benzene rings is 1. The molecule has 0 spiro atoms. The number of thiazole rings is 1. The van der Waals surface area contributed by atoms with Crippen molar-refractivity contribution in [1.82, 2.24) is 20.5 Å². The normalized spacial score (nSPS) is 12.0. The summed E-state index contributed by atoms with van der Waals surface area (Å²) in [4.78, 5) is 10.7. The van der Waals surface area contributed by atoms with E-state index >= 15 is 0 Å². The molecule has 31 heavy (non-hydrogen) atoms. The molecule has 0 amide bonds. The quantitative estimate of drug-likeness (QED) is 0.243. The molecule has 0 saturated carbocycles. The zero-order valence-corrected chi connectivity index (χ0v) is 21.3. The number of hydrogen-bond donors (Lipinski definition) is 2. The standard InChI is InChI=1S/C21H30F3N5S.HI/c1-4-25-20(26-12-11-19-28-18(15-30-19)21(22,23)24)27-13-16-9-7-8-10-17(16)14-29(5-2)6-3;/h7-10,15H,4-6,11-14H2,1-3H3,(H2,25,26,27);1H. The lowest BCUT2D eigenvalue weighted by molar-refractivity contribution is -0.140. The number of hydrogen-bond acceptors (Lipinski definition) is 4. The minimum Gasteiger partial charge on any atom is -0.357 e. The Bertz CT molecular complexity index is 806. The fourth-order valence-electron chi connectivity index (χ4n) is 2.90. The van der Waals surface area contributed by atoms with Crippen LogP contribution >= 0.6 is 35.3 Å². The molecule has 0 radical (unpaired) electrons. The summed E-state index contributed by atoms with van der Waals surface area (Å²) in [6.45, 7) is 10.8. The van der Waals surface area contributed by atoms with E-state index in [2.05, 4.69) is 51.5 Å². The molecule has 174 valence electrons. The van der Waals surface area contributed by atoms with Crippen LogP contribution in [0.25, 0.3) is 0 Å². The Labute approximate surface area is 203 Å². The molecule has 1 aromatic carbocycles. The second kappa shape index (κ2) is 13.9. The molecule has 0 fully saturated rings. The molecule has 5 nitrogen and oxygen atoms in total. The predicted octanol–water partition coefficient (Wildman–Crippen LogP) is 4.92. The Morgan fingerprint density at radius 3 is 2.35 bits per heavy atom. The van der Waals surface area contributed by atoms with Gasteiger partial charge >= 0.3 is 6.18 Å². The molecule has 0 unspecified atom stereocenters. The zero-order valence-electron chi connectivity index (χ0n) is 18.1. The van der Waals surface area contributed by atoms with E-state index in [9.17, 15) is 13.2 Å². The average Bonchev–Trinajstić information content (AvgIpc) is 3.20. The van der Waals surface area contributed by atoms with Crippen molar-refractivity contribution in [3.63, 3.8) is 0 Å². The maximum atomic E-state index is 12.7. The van der Waals surface area contributed by atoms with Crippen LogP contribution in [0.2, 0.25) is 0 Å². The van der Waals surface area contributed by atoms with Crippen molar-refractivity contribution < 1.29 is 13.2 Å². The van der Waals surface area contributed by atoms with Gasteiger partial charge in [-0.15, -0.1) is 35.3 Å². The average molecular weight is 569 g/mol. The number of guanidine groups is 1. The van der Waals surface area contributed by atoms with Gasteiger partial charge in [-0.25, -0.2) is 9.98 Å². The summed E-state index contributed by atoms with van der Waals surface area (Å²) in [6, 6.07) is 8.26. The largest absolute Gasteiger partial charge is 0.434 e. The second-order valence-electron chi connectivity index (χ2n) is 6.73. The number of nitrogens with one attached hydrogen (secondary N) is 2. The first-order valence-corrected chi connectivity index (χ1v) is 11.1. The maximum Gasteiger partial charge on any atom is 0.434 e. The van der Waals surface area contributed by atoms with Gasteiger partial charge < -0.3 is 10.6 Å². The molecule has 0 bridgehead atoms. The highest BCUT2D eigenvalue weighted by Gasteiger charge is 2.33. The van der Waals surface area contributed by atoms with Gasteiger partial charge in [0.05, 0.1) is 11.6 Å². The Morgan fingerprint density at radius 2 is 1.77 bits per heavy atom. The van der Waals surface area contributed by atoms with Gasteiger partial charge in [0.15, 0.2) is 11.7 Å². The summed E-state index contributed by atoms with van der Waals surface area (Å²) in [7, 11) is 0. The van der Waals surface area contributed by atoms with Crippen LogP contribution in [-0.4, -0.2) is 42.0 Å². The van der Waals surface area contributed by atoms with Gasteiger partial charge in [0.25, 0.3) is 0 Å². The van der Waals surface area contributed by atoms with Gasteiger partial charge in [-0.3, -0.25) is 4.90 Å². The number of nitrogens with zero attached hydrogens (tertiary/aromatic N) is 3. The van der Waals surface area contributed by atoms with Gasteiger partial charge in [0.1, 0.15) is 0 Å². The van der Waals surface area contributed by atoms with Crippen molar-refractivity contribution >= 4 is 41.3 Å². The van der Waals surface area contributed by atoms with Crippen molar-refractivity contribution in [2.45, 2.75) is 46.5 Å². The van der Waals surface area contributed by atoms with Crippen LogP contribution in [0.3, 0.4) is 0 Å². The molecule has 0 saturated heterocycles. The molecular weight excluding hydrogens is 538 g/mol. The molecule has 0 aliphatic rings. The van der Waals surface area contributed by atoms with Crippen LogP contribution < -0.4 is 10.6 Å². The molecule has 1 heterocycles. The number of rotatable bonds is 10. The third-order valence-electron chi connectivity index (χ3n) is 4.63. The topological polar surface area (TPSA) is 52.6 Å². The van der Waals surface area contributed by atoms with Gasteiger partial charge in [0.2, 0.25) is 0 Å². The molecule has 2 rings (SSSR count). The maximum absolute atomic E-state index is 12.7. The van der Waals surface area contributed by atoms with E-state index in [1.807, 2.05) is 19.1 Å². The molecule has 2 aromatic rings. The minimum absolute atomic E-state index is 0. The molecule has 0 aliphatic carbocycles. The molecular formula is C21H31F3IN5S. The lowest BCUT2D eigenvalue weighted by Gasteiger charge is -2.20. The second-order valence-corrected chi connectivity index (χ2v) is 7.67. The number of halogens is 4. The van der Waals surface area contributed by atoms with Crippen molar-refractivity contribution in [3.8, 4) is 0 Å². The number of aliphatic imine (C=N–C) groups is 1. The van der Waals surface area contributed by atoms with Crippen molar-refractivity contribution in [1.29, 1.82) is 0 Å². The van der Waals surface area contributed by atoms with Crippen molar-refractivity contribution in [2.75, 3.05) is 26.2 Å². The van der Waals surface area contributed by atoms with Crippen molar-refractivity contribution in [2.24, 2.45) is 4.99 Å². The first kappa shape index (κ1) is 27.6. The van der Waals surface area contributed by atoms with Gasteiger partial charge in [-0.05, 0) is 31.1 Å². The Hall–Kier alpha value is -1.40. The highest BCUT2D eigenvalue weighted by molar-refractivity contribution is 14.0. The zero-order chi connectivity index (χ0) is 22.0. The SMILES string of the molecule is CCNC(=NCc1ccccc1CN(CC)CC)NCCc1nc(C(F)(F)F)cs1.I. The molecule has 2 N–H and O–H groups in total. The Morgan fingerprint density at radius 1 is 1.10 bits per heavy atom. The lowest BCUT2D eigenvalue weighted by atomic mass is 10.1. The van der Waals surface area contributed by atoms with Crippen LogP contribution in [0.4, 0.5) is 13.2 Å². The van der Waals surface area contributed by atoms with Gasteiger partial charge in [-0.1, -0.05) is 38.1 Å². The van der Waals surface area contributed by atoms with Gasteiger partial charge in [-0.2, -0.15) is 13.2 Å². The predicted molar refractivity (Wildman–Crippen MR) is 132 cm³/mol. The minimum atomic E-state index is -4.39. The van der Waals surface area contributed by atoms with E-state index in [0.29, 0.717) is 37.0 Å². The first-order chi connectivity index (χ1) is 14.4. The van der Waals surface area contributed by atoms with E-state index in [4.69, 9.17) is 0 Å². The third kappa shape index (κ3) is 9.32. The van der Waals surface area contributed by atoms with Crippen LogP contribution in [0.1, 0.15) is 42.6 Å². The van der Waals surface area contributed by atoms with E-state index in [1.54, 1.807) is 0 Å². The molecule has 0 aliphatic heterocycles. The Kier molecular flexibility index (Phi) is 12.4. The molecule has 1 aromatic heterocycles. The number of alkyl halides is 3. The van der Waals surface area contributed by atoms with Gasteiger partial charge in [0, 0.05) is 31.4 Å². The van der Waals surface area contributed by atoms with E-state index in [0.717, 1.165) is 41.9 Å². The summed E-state index contributed by atoms with van der Waals surface area (Å²) >= 11 is 1.03. The van der Waals surface area contributed by atoms with E-state index in [1.165, 1.54) is 5.56 Å². The number of aromatic nitrogens is 1. The first-order valence-electron chi connectivity index (χ1n) is 10.2. The summed E-state index contributed by atoms with van der Waals surface area (Å²) in [5.74, 6) is 0.641. The van der Waals surface area contributed by atoms with E-state index < -0.39 is 11.9 Å². The van der Waals surface area contributed by atoms with E-state index in [-0.39, 0.29) is 24.0 Å². The summed E-state index contributed by atoms with van der Waals surface area (Å²) in [6.07, 6.45) is -3.99. The summed E-state index contributed by atoms with van der Waals surface area (Å²) in [5, 5.41) is 7.88. The fourth-order valence-corrected chi connectivity index (χ4v) is 3.71. The highest BCUT2D eigenvalue weighted by atomic mass is 127.